The molecule has 0 radical (unpaired) electrons. The number of hydrogen-bond acceptors (Lipinski definition) is 1. The molecule has 22 valence electrons. The minimum atomic E-state index is 1.74. The van der Waals surface area contributed by atoms with E-state index in [0.717, 1.165) is 0 Å². The molecule has 0 N–H and O–H groups in total. The van der Waals surface area contributed by atoms with E-state index in [1.54, 1.807) is 6.92 Å². The lowest BCUT2D eigenvalue weighted by atomic mass is 10.9. The normalized spacial score (nSPS) is 3.50. The molecule has 0 atom stereocenters. The first-order chi connectivity index (χ1) is 1.91. The monoisotopic (exact) mass is 72.0 g/mol. The van der Waals surface area contributed by atoms with Crippen LogP contribution in [0.25, 0.3) is 0 Å². The summed E-state index contributed by atoms with van der Waals surface area (Å²) in [4.78, 5) is 0. The highest BCUT2D eigenvalue weighted by atomic mass is 32.1. The molecule has 0 saturated carbocycles. The Morgan fingerprint density at radius 2 is 2.00 bits per heavy atom. The average molecular weight is 72.1 g/mol. The SMILES string of the molecule is CC#CS. The second-order valence-electron chi connectivity index (χ2n) is 0.362. The van der Waals surface area contributed by atoms with Gasteiger partial charge in [-0.1, -0.05) is 18.5 Å². The topological polar surface area (TPSA) is 0 Å². The number of hydrogen-bond donors (Lipinski definition) is 1. The van der Waals surface area contributed by atoms with Crippen LogP contribution < -0.4 is 0 Å². The van der Waals surface area contributed by atoms with Gasteiger partial charge in [0.05, 0.1) is 0 Å². The van der Waals surface area contributed by atoms with Gasteiger partial charge in [0.25, 0.3) is 0 Å². The summed E-state index contributed by atoms with van der Waals surface area (Å²) in [5.74, 6) is 2.54. The Balaban J connectivity index is 2.83. The van der Waals surface area contributed by atoms with Crippen molar-refractivity contribution in [1.29, 1.82) is 0 Å². The summed E-state index contributed by atoms with van der Waals surface area (Å²) in [5, 5.41) is 2.38. The maximum atomic E-state index is 3.56. The first-order valence-corrected chi connectivity index (χ1v) is 1.42. The summed E-state index contributed by atoms with van der Waals surface area (Å²) in [5.41, 5.74) is 0. The Morgan fingerprint density at radius 3 is 2.00 bits per heavy atom. The highest BCUT2D eigenvalue weighted by Crippen LogP contribution is 1.54. The van der Waals surface area contributed by atoms with E-state index in [1.807, 2.05) is 0 Å². The Kier molecular flexibility index (Phi) is 2.84. The van der Waals surface area contributed by atoms with E-state index in [2.05, 4.69) is 23.8 Å². The predicted octanol–water partition coefficient (Wildman–Crippen LogP) is 0.897. The van der Waals surface area contributed by atoms with Crippen molar-refractivity contribution in [3.8, 4) is 11.2 Å². The van der Waals surface area contributed by atoms with Crippen LogP contribution in [0.3, 0.4) is 0 Å². The fraction of sp³-hybridized carbons (Fsp3) is 0.333. The molecule has 0 aliphatic heterocycles. The smallest absolute Gasteiger partial charge is 0.00181 e. The summed E-state index contributed by atoms with van der Waals surface area (Å²) < 4.78 is 0. The van der Waals surface area contributed by atoms with Gasteiger partial charge in [-0.2, -0.15) is 0 Å². The van der Waals surface area contributed by atoms with Crippen LogP contribution in [0.4, 0.5) is 0 Å². The van der Waals surface area contributed by atoms with Gasteiger partial charge in [-0.3, -0.25) is 0 Å². The zero-order chi connectivity index (χ0) is 3.41. The largest absolute Gasteiger partial charge is 0.0949 e. The third-order valence-electron chi connectivity index (χ3n) is 0.112. The van der Waals surface area contributed by atoms with E-state index >= 15 is 0 Å². The lowest BCUT2D eigenvalue weighted by Crippen LogP contribution is -1.22. The molecule has 0 nitrogen and oxygen atoms in total. The summed E-state index contributed by atoms with van der Waals surface area (Å²) in [7, 11) is 0. The number of rotatable bonds is 0. The van der Waals surface area contributed by atoms with Crippen molar-refractivity contribution in [2.75, 3.05) is 0 Å². The molecule has 0 aromatic carbocycles. The van der Waals surface area contributed by atoms with Crippen LogP contribution in [0.2, 0.25) is 0 Å². The van der Waals surface area contributed by atoms with Crippen LogP contribution in [-0.4, -0.2) is 0 Å². The van der Waals surface area contributed by atoms with Crippen molar-refractivity contribution in [3.63, 3.8) is 0 Å². The van der Waals surface area contributed by atoms with Crippen molar-refractivity contribution in [2.24, 2.45) is 0 Å². The number of thiol groups is 1. The molecule has 0 heterocycles. The quantitative estimate of drug-likeness (QED) is 0.319. The van der Waals surface area contributed by atoms with Gasteiger partial charge >= 0.3 is 0 Å². The van der Waals surface area contributed by atoms with Crippen LogP contribution in [-0.2, 0) is 0 Å². The van der Waals surface area contributed by atoms with Crippen LogP contribution in [0.1, 0.15) is 6.92 Å². The van der Waals surface area contributed by atoms with Crippen molar-refractivity contribution >= 4 is 12.6 Å². The van der Waals surface area contributed by atoms with Gasteiger partial charge in [-0.25, -0.2) is 0 Å². The molecule has 0 rings (SSSR count). The lowest BCUT2D eigenvalue weighted by Gasteiger charge is -1.39. The van der Waals surface area contributed by atoms with Crippen molar-refractivity contribution in [2.45, 2.75) is 6.92 Å². The van der Waals surface area contributed by atoms with Gasteiger partial charge < -0.3 is 0 Å². The molecule has 0 spiro atoms. The van der Waals surface area contributed by atoms with E-state index in [9.17, 15) is 0 Å². The third-order valence-corrected chi connectivity index (χ3v) is 0.335. The van der Waals surface area contributed by atoms with Crippen LogP contribution in [0.5, 0.6) is 0 Å². The van der Waals surface area contributed by atoms with Crippen molar-refractivity contribution in [1.82, 2.24) is 0 Å². The summed E-state index contributed by atoms with van der Waals surface area (Å²) in [6.45, 7) is 1.74. The third kappa shape index (κ3) is 1.91. The molecule has 0 fully saturated rings. The summed E-state index contributed by atoms with van der Waals surface area (Å²) in [6.07, 6.45) is 0. The predicted molar refractivity (Wildman–Crippen MR) is 22.4 cm³/mol. The molecule has 0 aromatic heterocycles. The Labute approximate surface area is 31.6 Å². The molecule has 0 unspecified atom stereocenters. The van der Waals surface area contributed by atoms with Crippen molar-refractivity contribution < 1.29 is 0 Å². The van der Waals surface area contributed by atoms with E-state index in [0.29, 0.717) is 0 Å². The van der Waals surface area contributed by atoms with Crippen LogP contribution in [0.15, 0.2) is 0 Å². The minimum Gasteiger partial charge on any atom is -0.0949 e. The average Bonchev–Trinajstić information content (AvgIpc) is 1.37. The van der Waals surface area contributed by atoms with Gasteiger partial charge in [0.1, 0.15) is 0 Å². The second kappa shape index (κ2) is 2.91. The molecule has 0 saturated heterocycles. The van der Waals surface area contributed by atoms with Crippen LogP contribution in [0, 0.1) is 11.2 Å². The molecular formula is C3H4S. The Bertz CT molecular complexity index is 40.0. The summed E-state index contributed by atoms with van der Waals surface area (Å²) >= 11 is 3.56. The van der Waals surface area contributed by atoms with E-state index < -0.39 is 0 Å². The molecular weight excluding hydrogens is 68.1 g/mol. The van der Waals surface area contributed by atoms with Gasteiger partial charge in [0, 0.05) is 0 Å². The second-order valence-corrected chi connectivity index (χ2v) is 0.585. The maximum absolute atomic E-state index is 3.56. The van der Waals surface area contributed by atoms with Gasteiger partial charge in [-0.05, 0) is 12.2 Å². The van der Waals surface area contributed by atoms with Gasteiger partial charge in [0.2, 0.25) is 0 Å². The zero-order valence-corrected chi connectivity index (χ0v) is 3.34. The summed E-state index contributed by atoms with van der Waals surface area (Å²) in [6, 6.07) is 0. The van der Waals surface area contributed by atoms with E-state index in [1.165, 1.54) is 0 Å². The molecule has 0 bridgehead atoms. The Hall–Kier alpha value is -0.0900. The Morgan fingerprint density at radius 1 is 1.75 bits per heavy atom. The fourth-order valence-corrected chi connectivity index (χ4v) is 0. The lowest BCUT2D eigenvalue weighted by molar-refractivity contribution is 1.94. The van der Waals surface area contributed by atoms with Crippen LogP contribution >= 0.6 is 12.6 Å². The van der Waals surface area contributed by atoms with E-state index in [-0.39, 0.29) is 0 Å². The zero-order valence-electron chi connectivity index (χ0n) is 2.45. The van der Waals surface area contributed by atoms with E-state index in [4.69, 9.17) is 0 Å². The highest BCUT2D eigenvalue weighted by molar-refractivity contribution is 7.85. The highest BCUT2D eigenvalue weighted by Gasteiger charge is 1.27. The van der Waals surface area contributed by atoms with Crippen molar-refractivity contribution in [3.05, 3.63) is 0 Å². The maximum Gasteiger partial charge on any atom is -0.00181 e. The molecule has 0 aliphatic carbocycles. The van der Waals surface area contributed by atoms with Gasteiger partial charge in [-0.15, -0.1) is 0 Å². The molecule has 0 amide bonds. The molecule has 1 heteroatoms. The first-order valence-electron chi connectivity index (χ1n) is 0.974. The standard InChI is InChI=1S/C3H4S/c1-2-3-4/h4H,1H3. The van der Waals surface area contributed by atoms with Gasteiger partial charge in [0.15, 0.2) is 0 Å². The minimum absolute atomic E-state index is 1.74. The molecule has 0 aliphatic rings. The fourth-order valence-electron chi connectivity index (χ4n) is 0. The first kappa shape index (κ1) is 3.91. The molecule has 4 heavy (non-hydrogen) atoms. The molecule has 0 aromatic rings.